The second-order valence-electron chi connectivity index (χ2n) is 5.72. The van der Waals surface area contributed by atoms with Crippen LogP contribution in [-0.4, -0.2) is 50.9 Å². The molecule has 1 aliphatic rings. The molecule has 5 N–H and O–H groups in total. The van der Waals surface area contributed by atoms with Gasteiger partial charge in [0.1, 0.15) is 0 Å². The zero-order valence-electron chi connectivity index (χ0n) is 16.5. The van der Waals surface area contributed by atoms with Gasteiger partial charge < -0.3 is 21.7 Å². The summed E-state index contributed by atoms with van der Waals surface area (Å²) in [6, 6.07) is 5.05. The monoisotopic (exact) mass is 419 g/mol. The highest BCUT2D eigenvalue weighted by Gasteiger charge is 2.08. The molecule has 156 valence electrons. The molecule has 3 rings (SSSR count). The van der Waals surface area contributed by atoms with Crippen molar-refractivity contribution in [2.75, 3.05) is 32.5 Å². The van der Waals surface area contributed by atoms with Crippen LogP contribution >= 0.6 is 11.3 Å². The minimum atomic E-state index is -0.567. The maximum atomic E-state index is 12.6. The molecule has 0 spiro atoms. The minimum absolute atomic E-state index is 0.397. The first-order valence-electron chi connectivity index (χ1n) is 9.04. The van der Waals surface area contributed by atoms with Gasteiger partial charge in [0.05, 0.1) is 15.4 Å². The van der Waals surface area contributed by atoms with Gasteiger partial charge in [-0.2, -0.15) is 4.39 Å². The van der Waals surface area contributed by atoms with E-state index in [0.29, 0.717) is 33.7 Å². The van der Waals surface area contributed by atoms with Crippen molar-refractivity contribution in [3.05, 3.63) is 45.7 Å². The number of aromatic nitrogens is 1. The van der Waals surface area contributed by atoms with Gasteiger partial charge in [-0.25, -0.2) is 4.98 Å². The van der Waals surface area contributed by atoms with Crippen molar-refractivity contribution in [3.8, 4) is 11.8 Å². The summed E-state index contributed by atoms with van der Waals surface area (Å²) in [6.45, 7) is 2.36. The Morgan fingerprint density at radius 1 is 1.34 bits per heavy atom. The molecule has 1 saturated heterocycles. The number of nitrogens with two attached hydrogens (primary N) is 1. The third-order valence-electron chi connectivity index (χ3n) is 3.84. The Balaban J connectivity index is 0.000000351. The molecule has 1 fully saturated rings. The number of pyridine rings is 1. The molecule has 0 bridgehead atoms. The van der Waals surface area contributed by atoms with Crippen molar-refractivity contribution in [3.63, 3.8) is 0 Å². The summed E-state index contributed by atoms with van der Waals surface area (Å²) in [4.78, 5) is 25.6. The van der Waals surface area contributed by atoms with E-state index >= 15 is 0 Å². The van der Waals surface area contributed by atoms with Crippen LogP contribution in [0.3, 0.4) is 0 Å². The number of carbonyl (C=O) groups excluding carboxylic acids is 2. The molecular formula is C20H26FN5O2S. The van der Waals surface area contributed by atoms with E-state index in [9.17, 15) is 14.0 Å². The van der Waals surface area contributed by atoms with E-state index in [1.54, 1.807) is 6.07 Å². The molecule has 0 aromatic carbocycles. The molecule has 7 nitrogen and oxygen atoms in total. The van der Waals surface area contributed by atoms with Gasteiger partial charge in [0, 0.05) is 24.3 Å². The fourth-order valence-electron chi connectivity index (χ4n) is 2.41. The number of likely N-dealkylation sites (N-methyl/N-ethyl adjacent to an activating group) is 1. The van der Waals surface area contributed by atoms with Crippen molar-refractivity contribution < 1.29 is 14.0 Å². The van der Waals surface area contributed by atoms with Crippen LogP contribution in [0.4, 0.5) is 10.1 Å². The van der Waals surface area contributed by atoms with Gasteiger partial charge in [0.25, 0.3) is 0 Å². The molecule has 1 atom stereocenters. The summed E-state index contributed by atoms with van der Waals surface area (Å²) in [6.07, 6.45) is 5.13. The predicted octanol–water partition coefficient (Wildman–Crippen LogP) is 1.60. The van der Waals surface area contributed by atoms with E-state index in [-0.39, 0.29) is 0 Å². The number of thiophene rings is 1. The summed E-state index contributed by atoms with van der Waals surface area (Å²) >= 11 is 1.16. The van der Waals surface area contributed by atoms with Gasteiger partial charge >= 0.3 is 0 Å². The summed E-state index contributed by atoms with van der Waals surface area (Å²) in [5.74, 6) is 5.05. The molecule has 3 heterocycles. The van der Waals surface area contributed by atoms with Crippen molar-refractivity contribution in [1.29, 1.82) is 0 Å². The molecule has 2 aromatic heterocycles. The lowest BCUT2D eigenvalue weighted by atomic mass is 10.1. The van der Waals surface area contributed by atoms with Crippen LogP contribution in [-0.2, 0) is 4.79 Å². The van der Waals surface area contributed by atoms with Gasteiger partial charge in [0.2, 0.25) is 12.4 Å². The molecule has 1 unspecified atom stereocenters. The molecule has 0 aliphatic carbocycles. The number of rotatable bonds is 4. The molecule has 2 aromatic rings. The number of anilines is 1. The molecule has 9 heteroatoms. The third-order valence-corrected chi connectivity index (χ3v) is 4.82. The van der Waals surface area contributed by atoms with Crippen LogP contribution in [0.25, 0.3) is 0 Å². The highest BCUT2D eigenvalue weighted by atomic mass is 32.1. The van der Waals surface area contributed by atoms with E-state index in [4.69, 9.17) is 0 Å². The fraction of sp³-hybridized carbons (Fsp3) is 0.350. The lowest BCUT2D eigenvalue weighted by Crippen LogP contribution is -2.41. The number of aldehydes is 1. The Labute approximate surface area is 174 Å². The van der Waals surface area contributed by atoms with E-state index in [2.05, 4.69) is 38.5 Å². The first-order chi connectivity index (χ1) is 14.2. The van der Waals surface area contributed by atoms with Gasteiger partial charge in [0.15, 0.2) is 6.29 Å². The Morgan fingerprint density at radius 2 is 2.14 bits per heavy atom. The Kier molecular flexibility index (Phi) is 12.1. The minimum Gasteiger partial charge on any atom is -0.333 e. The maximum Gasteiger partial charge on any atom is 0.212 e. The van der Waals surface area contributed by atoms with E-state index < -0.39 is 5.95 Å². The highest BCUT2D eigenvalue weighted by Crippen LogP contribution is 2.24. The topological polar surface area (TPSA) is 109 Å². The number of nitrogens with one attached hydrogen (secondary N) is 3. The van der Waals surface area contributed by atoms with Crippen molar-refractivity contribution in [2.45, 2.75) is 18.9 Å². The highest BCUT2D eigenvalue weighted by molar-refractivity contribution is 7.14. The molecule has 0 saturated carbocycles. The van der Waals surface area contributed by atoms with Crippen molar-refractivity contribution in [2.24, 2.45) is 5.73 Å². The Hall–Kier alpha value is -2.64. The molecule has 0 radical (unpaired) electrons. The number of nitrogens with zero attached hydrogens (tertiary/aromatic N) is 1. The number of carbonyl (C=O) groups is 2. The van der Waals surface area contributed by atoms with Crippen LogP contribution in [0.15, 0.2) is 24.4 Å². The number of amides is 1. The first kappa shape index (κ1) is 24.4. The largest absolute Gasteiger partial charge is 0.333 e. The maximum absolute atomic E-state index is 12.6. The number of halogens is 1. The van der Waals surface area contributed by atoms with Gasteiger partial charge in [-0.15, -0.1) is 11.3 Å². The predicted molar refractivity (Wildman–Crippen MR) is 115 cm³/mol. The average Bonchev–Trinajstić information content (AvgIpc) is 3.18. The van der Waals surface area contributed by atoms with Crippen molar-refractivity contribution in [1.82, 2.24) is 15.6 Å². The van der Waals surface area contributed by atoms with Gasteiger partial charge in [-0.05, 0) is 51.7 Å². The fourth-order valence-corrected chi connectivity index (χ4v) is 3.20. The van der Waals surface area contributed by atoms with Crippen LogP contribution in [0.2, 0.25) is 0 Å². The number of hydrogen-bond acceptors (Lipinski definition) is 7. The number of hydrogen-bond donors (Lipinski definition) is 4. The SMILES string of the molecule is CN.CNC1CCCNC1.O=CNc1cc(C#Cc2ccc(F)nc2)sc1C=O. The molecule has 1 amide bonds. The van der Waals surface area contributed by atoms with Gasteiger partial charge in [-0.1, -0.05) is 11.8 Å². The first-order valence-corrected chi connectivity index (χ1v) is 9.86. The van der Waals surface area contributed by atoms with Gasteiger partial charge in [-0.3, -0.25) is 9.59 Å². The smallest absolute Gasteiger partial charge is 0.212 e. The quantitative estimate of drug-likeness (QED) is 0.341. The summed E-state index contributed by atoms with van der Waals surface area (Å²) in [5, 5.41) is 8.99. The Bertz CT molecular complexity index is 809. The van der Waals surface area contributed by atoms with Crippen LogP contribution < -0.4 is 21.7 Å². The lowest BCUT2D eigenvalue weighted by Gasteiger charge is -2.21. The summed E-state index contributed by atoms with van der Waals surface area (Å²) in [7, 11) is 3.53. The summed E-state index contributed by atoms with van der Waals surface area (Å²) in [5.41, 5.74) is 5.49. The standard InChI is InChI=1S/C13H7FN2O2S.C6H14N2.CH5N/c14-13-4-2-9(6-15-13)1-3-10-5-11(16-8-18)12(7-17)19-10;1-7-6-3-2-4-8-5-6;1-2/h2,4-8H,(H,16,18);6-8H,2-5H2,1H3;2H2,1H3. The molecular weight excluding hydrogens is 393 g/mol. The van der Waals surface area contributed by atoms with E-state index in [1.807, 2.05) is 7.05 Å². The zero-order valence-corrected chi connectivity index (χ0v) is 17.3. The van der Waals surface area contributed by atoms with Crippen LogP contribution in [0.1, 0.15) is 33.0 Å². The number of piperidine rings is 1. The average molecular weight is 420 g/mol. The van der Waals surface area contributed by atoms with E-state index in [0.717, 1.165) is 23.9 Å². The lowest BCUT2D eigenvalue weighted by molar-refractivity contribution is -0.105. The molecule has 29 heavy (non-hydrogen) atoms. The van der Waals surface area contributed by atoms with Crippen molar-refractivity contribution >= 4 is 29.7 Å². The second-order valence-corrected chi connectivity index (χ2v) is 6.80. The van der Waals surface area contributed by atoms with Crippen LogP contribution in [0.5, 0.6) is 0 Å². The summed E-state index contributed by atoms with van der Waals surface area (Å²) < 4.78 is 12.6. The second kappa shape index (κ2) is 14.4. The van der Waals surface area contributed by atoms with E-state index in [1.165, 1.54) is 44.8 Å². The zero-order chi connectivity index (χ0) is 21.5. The Morgan fingerprint density at radius 3 is 2.66 bits per heavy atom. The third kappa shape index (κ3) is 8.93. The van der Waals surface area contributed by atoms with Crippen LogP contribution in [0, 0.1) is 17.8 Å². The molecule has 1 aliphatic heterocycles. The normalized spacial score (nSPS) is 14.7.